The van der Waals surface area contributed by atoms with E-state index in [1.807, 2.05) is 0 Å². The zero-order valence-electron chi connectivity index (χ0n) is 9.52. The van der Waals surface area contributed by atoms with Crippen molar-refractivity contribution in [1.82, 2.24) is 0 Å². The summed E-state index contributed by atoms with van der Waals surface area (Å²) in [5.41, 5.74) is 0.0949. The van der Waals surface area contributed by atoms with Gasteiger partial charge in [-0.1, -0.05) is 0 Å². The first-order chi connectivity index (χ1) is 7.93. The molecule has 1 rings (SSSR count). The minimum Gasteiger partial charge on any atom is -0.391 e. The number of nitriles is 1. The Bertz CT molecular complexity index is 409. The van der Waals surface area contributed by atoms with E-state index >= 15 is 0 Å². The third-order valence-electron chi connectivity index (χ3n) is 2.33. The lowest BCUT2D eigenvalue weighted by Gasteiger charge is -2.19. The number of hydrogen-bond donors (Lipinski definition) is 1. The third-order valence-corrected chi connectivity index (χ3v) is 2.33. The third kappa shape index (κ3) is 3.77. The van der Waals surface area contributed by atoms with E-state index in [0.717, 1.165) is 18.2 Å². The van der Waals surface area contributed by atoms with Crippen LogP contribution in [0.25, 0.3) is 0 Å². The molecule has 3 nitrogen and oxygen atoms in total. The number of ether oxygens (including phenoxy) is 1. The Labute approximate surface area is 98.3 Å². The van der Waals surface area contributed by atoms with Crippen molar-refractivity contribution >= 4 is 0 Å². The second-order valence-corrected chi connectivity index (χ2v) is 3.79. The Balaban J connectivity index is 2.91. The minimum absolute atomic E-state index is 0.0949. The van der Waals surface area contributed by atoms with Crippen molar-refractivity contribution in [1.29, 1.82) is 5.26 Å². The highest BCUT2D eigenvalue weighted by Gasteiger charge is 2.19. The first-order valence-electron chi connectivity index (χ1n) is 5.13. The van der Waals surface area contributed by atoms with E-state index in [9.17, 15) is 13.9 Å². The molecular weight excluding hydrogens is 228 g/mol. The molecule has 0 heterocycles. The van der Waals surface area contributed by atoms with Gasteiger partial charge in [-0.25, -0.2) is 8.78 Å². The molecule has 0 aliphatic heterocycles. The second-order valence-electron chi connectivity index (χ2n) is 3.79. The summed E-state index contributed by atoms with van der Waals surface area (Å²) in [4.78, 5) is 0. The van der Waals surface area contributed by atoms with Crippen LogP contribution in [0.2, 0.25) is 0 Å². The Morgan fingerprint density at radius 3 is 2.18 bits per heavy atom. The van der Waals surface area contributed by atoms with E-state index in [2.05, 4.69) is 0 Å². The molecule has 0 spiro atoms. The van der Waals surface area contributed by atoms with E-state index in [1.54, 1.807) is 13.0 Å². The topological polar surface area (TPSA) is 53.2 Å². The maximum absolute atomic E-state index is 13.0. The average molecular weight is 241 g/mol. The van der Waals surface area contributed by atoms with Crippen LogP contribution in [0.3, 0.4) is 0 Å². The van der Waals surface area contributed by atoms with Crippen LogP contribution in [0.4, 0.5) is 8.78 Å². The van der Waals surface area contributed by atoms with Crippen LogP contribution < -0.4 is 0 Å². The summed E-state index contributed by atoms with van der Waals surface area (Å²) in [5, 5.41) is 18.1. The Hall–Kier alpha value is -1.51. The summed E-state index contributed by atoms with van der Waals surface area (Å²) >= 11 is 0. The number of rotatable bonds is 4. The summed E-state index contributed by atoms with van der Waals surface area (Å²) in [5.74, 6) is -1.54. The number of nitrogens with zero attached hydrogens (tertiary/aromatic N) is 1. The maximum atomic E-state index is 13.0. The smallest absolute Gasteiger partial charge is 0.169 e. The highest BCUT2D eigenvalue weighted by molar-refractivity contribution is 5.24. The fourth-order valence-electron chi connectivity index (χ4n) is 1.24. The van der Waals surface area contributed by atoms with Crippen molar-refractivity contribution in [2.45, 2.75) is 32.2 Å². The van der Waals surface area contributed by atoms with E-state index < -0.39 is 29.9 Å². The van der Waals surface area contributed by atoms with Crippen molar-refractivity contribution in [2.24, 2.45) is 0 Å². The summed E-state index contributed by atoms with van der Waals surface area (Å²) in [6.45, 7) is 3.08. The predicted octanol–water partition coefficient (Wildman–Crippen LogP) is 2.32. The monoisotopic (exact) mass is 241 g/mol. The van der Waals surface area contributed by atoms with Gasteiger partial charge < -0.3 is 9.84 Å². The van der Waals surface area contributed by atoms with E-state index in [1.165, 1.54) is 6.92 Å². The lowest BCUT2D eigenvalue weighted by atomic mass is 10.1. The summed E-state index contributed by atoms with van der Waals surface area (Å²) in [6, 6.07) is 4.58. The van der Waals surface area contributed by atoms with Crippen molar-refractivity contribution in [2.75, 3.05) is 0 Å². The predicted molar refractivity (Wildman–Crippen MR) is 56.9 cm³/mol. The average Bonchev–Trinajstić information content (AvgIpc) is 2.23. The summed E-state index contributed by atoms with van der Waals surface area (Å²) < 4.78 is 31.1. The molecule has 0 fully saturated rings. The quantitative estimate of drug-likeness (QED) is 0.880. The Morgan fingerprint density at radius 1 is 1.24 bits per heavy atom. The lowest BCUT2D eigenvalue weighted by Crippen LogP contribution is -2.24. The SMILES string of the molecule is CC(O)C(C)OC(C#N)c1cc(F)cc(F)c1. The number of benzene rings is 1. The fraction of sp³-hybridized carbons (Fsp3) is 0.417. The number of hydrogen-bond acceptors (Lipinski definition) is 3. The van der Waals surface area contributed by atoms with E-state index in [4.69, 9.17) is 10.00 Å². The highest BCUT2D eigenvalue weighted by atomic mass is 19.1. The van der Waals surface area contributed by atoms with Crippen molar-refractivity contribution in [3.05, 3.63) is 35.4 Å². The van der Waals surface area contributed by atoms with Crippen LogP contribution in [0.5, 0.6) is 0 Å². The Morgan fingerprint density at radius 2 is 1.76 bits per heavy atom. The summed E-state index contributed by atoms with van der Waals surface area (Å²) in [6.07, 6.45) is -2.49. The first kappa shape index (κ1) is 13.6. The van der Waals surface area contributed by atoms with Crippen molar-refractivity contribution in [3.8, 4) is 6.07 Å². The van der Waals surface area contributed by atoms with Gasteiger partial charge in [-0.2, -0.15) is 5.26 Å². The molecule has 17 heavy (non-hydrogen) atoms. The van der Waals surface area contributed by atoms with Gasteiger partial charge in [0, 0.05) is 11.6 Å². The van der Waals surface area contributed by atoms with Crippen molar-refractivity contribution in [3.63, 3.8) is 0 Å². The minimum atomic E-state index is -1.11. The maximum Gasteiger partial charge on any atom is 0.169 e. The Kier molecular flexibility index (Phi) is 4.55. The molecule has 1 aromatic rings. The van der Waals surface area contributed by atoms with E-state index in [0.29, 0.717) is 0 Å². The summed E-state index contributed by atoms with van der Waals surface area (Å²) in [7, 11) is 0. The first-order valence-corrected chi connectivity index (χ1v) is 5.13. The lowest BCUT2D eigenvalue weighted by molar-refractivity contribution is -0.0427. The fourth-order valence-corrected chi connectivity index (χ4v) is 1.24. The number of halogens is 2. The van der Waals surface area contributed by atoms with Gasteiger partial charge in [-0.3, -0.25) is 0 Å². The molecule has 0 bridgehead atoms. The molecule has 0 amide bonds. The standard InChI is InChI=1S/C12H13F2NO2/c1-7(16)8(2)17-12(6-15)9-3-10(13)5-11(14)4-9/h3-5,7-8,12,16H,1-2H3. The molecule has 5 heteroatoms. The number of aliphatic hydroxyl groups is 1. The molecule has 3 unspecified atom stereocenters. The van der Waals surface area contributed by atoms with Gasteiger partial charge in [-0.05, 0) is 26.0 Å². The molecule has 0 aliphatic rings. The molecular formula is C12H13F2NO2. The molecule has 3 atom stereocenters. The number of aliphatic hydroxyl groups excluding tert-OH is 1. The van der Waals surface area contributed by atoms with Gasteiger partial charge in [0.15, 0.2) is 6.10 Å². The van der Waals surface area contributed by atoms with Crippen molar-refractivity contribution < 1.29 is 18.6 Å². The van der Waals surface area contributed by atoms with Gasteiger partial charge in [0.2, 0.25) is 0 Å². The van der Waals surface area contributed by atoms with E-state index in [-0.39, 0.29) is 5.56 Å². The molecule has 1 N–H and O–H groups in total. The van der Waals surface area contributed by atoms with Gasteiger partial charge in [-0.15, -0.1) is 0 Å². The highest BCUT2D eigenvalue weighted by Crippen LogP contribution is 2.21. The zero-order valence-corrected chi connectivity index (χ0v) is 9.52. The van der Waals surface area contributed by atoms with Crippen LogP contribution in [0, 0.1) is 23.0 Å². The van der Waals surface area contributed by atoms with Gasteiger partial charge in [0.05, 0.1) is 18.3 Å². The molecule has 0 aliphatic carbocycles. The van der Waals surface area contributed by atoms with Crippen LogP contribution in [-0.2, 0) is 4.74 Å². The molecule has 0 saturated carbocycles. The van der Waals surface area contributed by atoms with Gasteiger partial charge >= 0.3 is 0 Å². The second kappa shape index (κ2) is 5.71. The molecule has 1 aromatic carbocycles. The van der Waals surface area contributed by atoms with Crippen LogP contribution in [0.15, 0.2) is 18.2 Å². The largest absolute Gasteiger partial charge is 0.391 e. The van der Waals surface area contributed by atoms with Crippen LogP contribution in [-0.4, -0.2) is 17.3 Å². The molecule has 0 aromatic heterocycles. The molecule has 0 saturated heterocycles. The normalized spacial score (nSPS) is 16.0. The van der Waals surface area contributed by atoms with Gasteiger partial charge in [0.25, 0.3) is 0 Å². The zero-order chi connectivity index (χ0) is 13.0. The van der Waals surface area contributed by atoms with Crippen LogP contribution in [0.1, 0.15) is 25.5 Å². The molecule has 0 radical (unpaired) electrons. The van der Waals surface area contributed by atoms with Gasteiger partial charge in [0.1, 0.15) is 11.6 Å². The van der Waals surface area contributed by atoms with Crippen LogP contribution >= 0.6 is 0 Å². The molecule has 92 valence electrons.